The summed E-state index contributed by atoms with van der Waals surface area (Å²) in [6.07, 6.45) is 2.23. The highest BCUT2D eigenvalue weighted by Crippen LogP contribution is 2.37. The minimum Gasteiger partial charge on any atom is -0.454 e. The number of benzene rings is 1. The van der Waals surface area contributed by atoms with Gasteiger partial charge in [-0.25, -0.2) is 0 Å². The topological polar surface area (TPSA) is 73.9 Å². The maximum atomic E-state index is 12.2. The van der Waals surface area contributed by atoms with Crippen LogP contribution in [0.3, 0.4) is 0 Å². The Bertz CT molecular complexity index is 592. The molecule has 2 heterocycles. The van der Waals surface area contributed by atoms with Gasteiger partial charge in [0.25, 0.3) is 0 Å². The first-order valence-corrected chi connectivity index (χ1v) is 7.45. The van der Waals surface area contributed by atoms with E-state index in [0.717, 1.165) is 12.8 Å². The molecule has 3 rings (SSSR count). The molecule has 1 aromatic rings. The van der Waals surface area contributed by atoms with Crippen LogP contribution in [0.15, 0.2) is 12.1 Å². The molecule has 0 aromatic heterocycles. The van der Waals surface area contributed by atoms with Gasteiger partial charge in [-0.15, -0.1) is 0 Å². The third-order valence-corrected chi connectivity index (χ3v) is 3.98. The third-order valence-electron chi connectivity index (χ3n) is 3.98. The van der Waals surface area contributed by atoms with E-state index in [2.05, 4.69) is 5.32 Å². The van der Waals surface area contributed by atoms with Crippen LogP contribution in [-0.2, 0) is 9.53 Å². The van der Waals surface area contributed by atoms with Crippen LogP contribution in [0.5, 0.6) is 11.5 Å². The van der Waals surface area contributed by atoms with Crippen molar-refractivity contribution in [2.24, 2.45) is 5.92 Å². The fourth-order valence-corrected chi connectivity index (χ4v) is 2.75. The molecule has 2 aliphatic heterocycles. The standard InChI is InChI=1S/C16H19NO5/c1-10(18)12-7-14-15(22-9-21-14)8-13(12)17-16(19)6-11-2-4-20-5-3-11/h7-8,11H,2-6,9H2,1H3,(H,17,19). The first-order chi connectivity index (χ1) is 10.6. The van der Waals surface area contributed by atoms with E-state index < -0.39 is 0 Å². The predicted octanol–water partition coefficient (Wildman–Crippen LogP) is 2.37. The second-order valence-electron chi connectivity index (χ2n) is 5.62. The number of nitrogens with one attached hydrogen (secondary N) is 1. The fraction of sp³-hybridized carbons (Fsp3) is 0.500. The molecule has 2 aliphatic rings. The van der Waals surface area contributed by atoms with Crippen LogP contribution in [0, 0.1) is 5.92 Å². The van der Waals surface area contributed by atoms with Crippen molar-refractivity contribution in [2.45, 2.75) is 26.2 Å². The average Bonchev–Trinajstić information content (AvgIpc) is 2.94. The van der Waals surface area contributed by atoms with E-state index in [4.69, 9.17) is 14.2 Å². The molecule has 0 unspecified atom stereocenters. The largest absolute Gasteiger partial charge is 0.454 e. The Labute approximate surface area is 128 Å². The Balaban J connectivity index is 1.73. The Kier molecular flexibility index (Phi) is 4.29. The quantitative estimate of drug-likeness (QED) is 0.865. The van der Waals surface area contributed by atoms with Crippen molar-refractivity contribution in [1.82, 2.24) is 0 Å². The van der Waals surface area contributed by atoms with Crippen LogP contribution in [0.25, 0.3) is 0 Å². The molecule has 1 aromatic carbocycles. The van der Waals surface area contributed by atoms with Gasteiger partial charge in [-0.3, -0.25) is 9.59 Å². The van der Waals surface area contributed by atoms with Gasteiger partial charge in [0.15, 0.2) is 17.3 Å². The molecule has 22 heavy (non-hydrogen) atoms. The monoisotopic (exact) mass is 305 g/mol. The summed E-state index contributed by atoms with van der Waals surface area (Å²) in [4.78, 5) is 24.0. The summed E-state index contributed by atoms with van der Waals surface area (Å²) < 4.78 is 15.9. The number of carbonyl (C=O) groups is 2. The van der Waals surface area contributed by atoms with Crippen LogP contribution in [0.4, 0.5) is 5.69 Å². The lowest BCUT2D eigenvalue weighted by molar-refractivity contribution is -0.117. The zero-order chi connectivity index (χ0) is 15.5. The van der Waals surface area contributed by atoms with E-state index in [1.54, 1.807) is 12.1 Å². The van der Waals surface area contributed by atoms with Crippen LogP contribution in [0.2, 0.25) is 0 Å². The summed E-state index contributed by atoms with van der Waals surface area (Å²) in [5.74, 6) is 1.20. The van der Waals surface area contributed by atoms with Crippen LogP contribution in [0.1, 0.15) is 36.5 Å². The van der Waals surface area contributed by atoms with E-state index in [0.29, 0.717) is 48.3 Å². The molecular formula is C16H19NO5. The van der Waals surface area contributed by atoms with Gasteiger partial charge in [-0.1, -0.05) is 0 Å². The van der Waals surface area contributed by atoms with Crippen molar-refractivity contribution in [2.75, 3.05) is 25.3 Å². The molecule has 0 radical (unpaired) electrons. The van der Waals surface area contributed by atoms with Crippen LogP contribution < -0.4 is 14.8 Å². The van der Waals surface area contributed by atoms with Crippen molar-refractivity contribution in [1.29, 1.82) is 0 Å². The summed E-state index contributed by atoms with van der Waals surface area (Å²) in [5, 5.41) is 2.83. The Morgan fingerprint density at radius 3 is 2.55 bits per heavy atom. The number of hydrogen-bond donors (Lipinski definition) is 1. The minimum absolute atomic E-state index is 0.0896. The predicted molar refractivity (Wildman–Crippen MR) is 79.4 cm³/mol. The number of amides is 1. The van der Waals surface area contributed by atoms with Gasteiger partial charge in [-0.05, 0) is 31.7 Å². The summed E-state index contributed by atoms with van der Waals surface area (Å²) in [7, 11) is 0. The summed E-state index contributed by atoms with van der Waals surface area (Å²) in [5.41, 5.74) is 0.915. The van der Waals surface area contributed by atoms with Crippen molar-refractivity contribution in [3.05, 3.63) is 17.7 Å². The normalized spacial score (nSPS) is 17.3. The lowest BCUT2D eigenvalue weighted by Gasteiger charge is -2.21. The van der Waals surface area contributed by atoms with Crippen molar-refractivity contribution in [3.63, 3.8) is 0 Å². The molecule has 0 aliphatic carbocycles. The number of carbonyl (C=O) groups excluding carboxylic acids is 2. The molecule has 1 fully saturated rings. The van der Waals surface area contributed by atoms with Gasteiger partial charge >= 0.3 is 0 Å². The number of ether oxygens (including phenoxy) is 3. The molecule has 6 heteroatoms. The lowest BCUT2D eigenvalue weighted by atomic mass is 9.96. The number of anilines is 1. The molecule has 118 valence electrons. The van der Waals surface area contributed by atoms with Crippen molar-refractivity contribution < 1.29 is 23.8 Å². The highest BCUT2D eigenvalue weighted by molar-refractivity contribution is 6.04. The maximum Gasteiger partial charge on any atom is 0.231 e. The molecule has 6 nitrogen and oxygen atoms in total. The van der Waals surface area contributed by atoms with Gasteiger partial charge < -0.3 is 19.5 Å². The van der Waals surface area contributed by atoms with Gasteiger partial charge in [-0.2, -0.15) is 0 Å². The molecule has 1 amide bonds. The lowest BCUT2D eigenvalue weighted by Crippen LogP contribution is -2.22. The average molecular weight is 305 g/mol. The summed E-state index contributed by atoms with van der Waals surface area (Å²) in [6, 6.07) is 3.27. The van der Waals surface area contributed by atoms with E-state index in [9.17, 15) is 9.59 Å². The Morgan fingerprint density at radius 1 is 1.18 bits per heavy atom. The molecule has 0 atom stereocenters. The van der Waals surface area contributed by atoms with Crippen molar-refractivity contribution in [3.8, 4) is 11.5 Å². The van der Waals surface area contributed by atoms with E-state index in [1.807, 2.05) is 0 Å². The highest BCUT2D eigenvalue weighted by Gasteiger charge is 2.22. The molecule has 1 N–H and O–H groups in total. The van der Waals surface area contributed by atoms with Gasteiger partial charge in [0.1, 0.15) is 0 Å². The smallest absolute Gasteiger partial charge is 0.231 e. The summed E-state index contributed by atoms with van der Waals surface area (Å²) >= 11 is 0. The first kappa shape index (κ1) is 14.8. The zero-order valence-corrected chi connectivity index (χ0v) is 12.5. The van der Waals surface area contributed by atoms with E-state index in [1.165, 1.54) is 6.92 Å². The molecule has 0 spiro atoms. The zero-order valence-electron chi connectivity index (χ0n) is 12.5. The number of fused-ring (bicyclic) bond motifs is 1. The number of rotatable bonds is 4. The molecular weight excluding hydrogens is 286 g/mol. The van der Waals surface area contributed by atoms with Crippen LogP contribution >= 0.6 is 0 Å². The molecule has 1 saturated heterocycles. The number of Topliss-reactive ketones (excluding diaryl/α,β-unsaturated/α-hetero) is 1. The first-order valence-electron chi connectivity index (χ1n) is 7.45. The van der Waals surface area contributed by atoms with Crippen LogP contribution in [-0.4, -0.2) is 31.7 Å². The fourth-order valence-electron chi connectivity index (χ4n) is 2.75. The van der Waals surface area contributed by atoms with E-state index in [-0.39, 0.29) is 18.5 Å². The Morgan fingerprint density at radius 2 is 1.86 bits per heavy atom. The van der Waals surface area contributed by atoms with Crippen molar-refractivity contribution >= 4 is 17.4 Å². The number of hydrogen-bond acceptors (Lipinski definition) is 5. The summed E-state index contributed by atoms with van der Waals surface area (Å²) in [6.45, 7) is 3.01. The second kappa shape index (κ2) is 6.36. The maximum absolute atomic E-state index is 12.2. The SMILES string of the molecule is CC(=O)c1cc2c(cc1NC(=O)CC1CCOCC1)OCO2. The van der Waals surface area contributed by atoms with Gasteiger partial charge in [0, 0.05) is 31.3 Å². The number of ketones is 1. The highest BCUT2D eigenvalue weighted by atomic mass is 16.7. The van der Waals surface area contributed by atoms with E-state index >= 15 is 0 Å². The van der Waals surface area contributed by atoms with Gasteiger partial charge in [0.05, 0.1) is 5.69 Å². The Hall–Kier alpha value is -2.08. The molecule has 0 bridgehead atoms. The molecule has 0 saturated carbocycles. The third kappa shape index (κ3) is 3.22. The minimum atomic E-state index is -0.125. The van der Waals surface area contributed by atoms with Gasteiger partial charge in [0.2, 0.25) is 12.7 Å². The second-order valence-corrected chi connectivity index (χ2v) is 5.62.